The first-order chi connectivity index (χ1) is 11.5. The number of rotatable bonds is 4. The molecule has 0 saturated carbocycles. The molecule has 0 aromatic heterocycles. The van der Waals surface area contributed by atoms with Crippen molar-refractivity contribution in [2.75, 3.05) is 26.0 Å². The van der Waals surface area contributed by atoms with Crippen LogP contribution in [-0.2, 0) is 10.3 Å². The van der Waals surface area contributed by atoms with Gasteiger partial charge >= 0.3 is 0 Å². The van der Waals surface area contributed by atoms with E-state index in [0.717, 1.165) is 42.7 Å². The number of carbonyl (C=O) groups is 1. The number of likely N-dealkylation sites (tertiary alicyclic amines) is 1. The van der Waals surface area contributed by atoms with Crippen molar-refractivity contribution < 1.29 is 9.53 Å². The molecule has 0 bridgehead atoms. The van der Waals surface area contributed by atoms with Crippen LogP contribution in [0.1, 0.15) is 42.1 Å². The fraction of sp³-hybridized carbons (Fsp3) is 0.556. The molecule has 130 valence electrons. The lowest BCUT2D eigenvalue weighted by atomic mass is 9.88. The fourth-order valence-corrected chi connectivity index (χ4v) is 4.49. The van der Waals surface area contributed by atoms with Crippen LogP contribution in [0, 0.1) is 0 Å². The predicted molar refractivity (Wildman–Crippen MR) is 98.4 cm³/mol. The molecule has 1 aromatic rings. The van der Waals surface area contributed by atoms with Gasteiger partial charge in [0, 0.05) is 25.0 Å². The average Bonchev–Trinajstić information content (AvgIpc) is 3.03. The van der Waals surface area contributed by atoms with Crippen LogP contribution in [0.15, 0.2) is 29.3 Å². The van der Waals surface area contributed by atoms with Crippen LogP contribution in [0.25, 0.3) is 0 Å². The largest absolute Gasteiger partial charge is 0.383 e. The second kappa shape index (κ2) is 7.15. The van der Waals surface area contributed by atoms with Crippen LogP contribution in [0.3, 0.4) is 0 Å². The van der Waals surface area contributed by atoms with Crippen molar-refractivity contribution >= 4 is 22.8 Å². The van der Waals surface area contributed by atoms with Crippen LogP contribution in [0.5, 0.6) is 0 Å². The monoisotopic (exact) mass is 347 g/mol. The highest BCUT2D eigenvalue weighted by atomic mass is 32.2. The van der Waals surface area contributed by atoms with Crippen LogP contribution in [-0.4, -0.2) is 48.0 Å². The van der Waals surface area contributed by atoms with Gasteiger partial charge in [-0.05, 0) is 43.9 Å². The summed E-state index contributed by atoms with van der Waals surface area (Å²) in [6, 6.07) is 8.05. The normalized spacial score (nSPS) is 27.2. The van der Waals surface area contributed by atoms with Crippen molar-refractivity contribution in [1.29, 1.82) is 0 Å². The molecule has 2 N–H and O–H groups in total. The van der Waals surface area contributed by atoms with E-state index < -0.39 is 0 Å². The van der Waals surface area contributed by atoms with E-state index in [9.17, 15) is 4.79 Å². The highest BCUT2D eigenvalue weighted by Crippen LogP contribution is 2.35. The van der Waals surface area contributed by atoms with Crippen molar-refractivity contribution in [3.8, 4) is 0 Å². The van der Waals surface area contributed by atoms with E-state index in [1.54, 1.807) is 18.9 Å². The zero-order valence-electron chi connectivity index (χ0n) is 14.3. The lowest BCUT2D eigenvalue weighted by molar-refractivity contribution is 0.0630. The summed E-state index contributed by atoms with van der Waals surface area (Å²) in [5, 5.41) is 0.625. The van der Waals surface area contributed by atoms with Gasteiger partial charge in [-0.15, -0.1) is 0 Å². The third-order valence-corrected chi connectivity index (χ3v) is 5.72. The Balaban J connectivity index is 1.85. The van der Waals surface area contributed by atoms with Crippen molar-refractivity contribution in [2.24, 2.45) is 10.7 Å². The first-order valence-corrected chi connectivity index (χ1v) is 9.40. The number of amidine groups is 1. The Morgan fingerprint density at radius 3 is 3.12 bits per heavy atom. The topological polar surface area (TPSA) is 67.9 Å². The van der Waals surface area contributed by atoms with E-state index in [1.807, 2.05) is 29.2 Å². The first-order valence-electron chi connectivity index (χ1n) is 8.42. The molecule has 0 spiro atoms. The van der Waals surface area contributed by atoms with Crippen LogP contribution in [0.4, 0.5) is 0 Å². The number of hydrogen-bond acceptors (Lipinski definition) is 5. The molecule has 3 rings (SSSR count). The number of benzene rings is 1. The Labute approximate surface area is 147 Å². The lowest BCUT2D eigenvalue weighted by Gasteiger charge is -2.30. The van der Waals surface area contributed by atoms with Gasteiger partial charge in [0.2, 0.25) is 0 Å². The quantitative estimate of drug-likeness (QED) is 0.909. The molecular weight excluding hydrogens is 322 g/mol. The third kappa shape index (κ3) is 3.44. The molecule has 0 aliphatic carbocycles. The Hall–Kier alpha value is -1.53. The molecule has 2 unspecified atom stereocenters. The molecule has 6 heteroatoms. The molecule has 1 fully saturated rings. The third-order valence-electron chi connectivity index (χ3n) is 4.92. The molecule has 0 radical (unpaired) electrons. The lowest BCUT2D eigenvalue weighted by Crippen LogP contribution is -2.38. The summed E-state index contributed by atoms with van der Waals surface area (Å²) in [6.45, 7) is 3.49. The minimum Gasteiger partial charge on any atom is -0.383 e. The molecular formula is C18H25N3O2S. The fourth-order valence-electron chi connectivity index (χ4n) is 3.52. The van der Waals surface area contributed by atoms with E-state index in [0.29, 0.717) is 11.8 Å². The number of aliphatic imine (C=N–C) groups is 1. The number of carbonyl (C=O) groups excluding carboxylic acids is 1. The smallest absolute Gasteiger partial charge is 0.254 e. The highest BCUT2D eigenvalue weighted by Gasteiger charge is 2.32. The Bertz CT molecular complexity index is 649. The molecule has 1 saturated heterocycles. The summed E-state index contributed by atoms with van der Waals surface area (Å²) in [7, 11) is 1.69. The maximum absolute atomic E-state index is 12.9. The van der Waals surface area contributed by atoms with Crippen LogP contribution >= 0.6 is 11.8 Å². The maximum atomic E-state index is 12.9. The van der Waals surface area contributed by atoms with Gasteiger partial charge in [0.05, 0.1) is 18.2 Å². The first kappa shape index (κ1) is 17.3. The number of nitrogens with two attached hydrogens (primary N) is 1. The second-order valence-electron chi connectivity index (χ2n) is 6.65. The van der Waals surface area contributed by atoms with Crippen molar-refractivity contribution in [3.05, 3.63) is 35.4 Å². The number of nitrogens with zero attached hydrogens (tertiary/aromatic N) is 2. The minimum absolute atomic E-state index is 0.0853. The second-order valence-corrected chi connectivity index (χ2v) is 7.77. The number of thioether (sulfide) groups is 1. The number of methoxy groups -OCH3 is 1. The van der Waals surface area contributed by atoms with E-state index >= 15 is 0 Å². The van der Waals surface area contributed by atoms with Gasteiger partial charge in [-0.3, -0.25) is 9.79 Å². The SMILES string of the molecule is COCC1CCCN1C(=O)c1cccc(C2(C)CCSC(N)=N2)c1. The van der Waals surface area contributed by atoms with Crippen molar-refractivity contribution in [1.82, 2.24) is 4.90 Å². The zero-order valence-corrected chi connectivity index (χ0v) is 15.1. The molecule has 2 aliphatic rings. The van der Waals surface area contributed by atoms with E-state index in [1.165, 1.54) is 0 Å². The molecule has 24 heavy (non-hydrogen) atoms. The molecule has 2 heterocycles. The van der Waals surface area contributed by atoms with Gasteiger partial charge < -0.3 is 15.4 Å². The van der Waals surface area contributed by atoms with Gasteiger partial charge in [-0.1, -0.05) is 23.9 Å². The summed E-state index contributed by atoms with van der Waals surface area (Å²) in [4.78, 5) is 19.5. The molecule has 2 atom stereocenters. The standard InChI is InChI=1S/C18H25N3O2S/c1-18(8-10-24-17(19)20-18)14-6-3-5-13(11-14)16(22)21-9-4-7-15(21)12-23-2/h3,5-6,11,15H,4,7-10,12H2,1-2H3,(H2,19,20). The van der Waals surface area contributed by atoms with Crippen molar-refractivity contribution in [2.45, 2.75) is 37.8 Å². The Morgan fingerprint density at radius 2 is 2.38 bits per heavy atom. The summed E-state index contributed by atoms with van der Waals surface area (Å²) >= 11 is 1.59. The van der Waals surface area contributed by atoms with Crippen LogP contribution < -0.4 is 5.73 Å². The molecule has 2 aliphatic heterocycles. The van der Waals surface area contributed by atoms with Gasteiger partial charge in [-0.2, -0.15) is 0 Å². The van der Waals surface area contributed by atoms with Gasteiger partial charge in [-0.25, -0.2) is 0 Å². The molecule has 1 amide bonds. The van der Waals surface area contributed by atoms with Gasteiger partial charge in [0.25, 0.3) is 5.91 Å². The number of amides is 1. The van der Waals surface area contributed by atoms with Crippen molar-refractivity contribution in [3.63, 3.8) is 0 Å². The number of hydrogen-bond donors (Lipinski definition) is 1. The summed E-state index contributed by atoms with van der Waals surface area (Å²) < 4.78 is 5.26. The van der Waals surface area contributed by atoms with Gasteiger partial charge in [0.15, 0.2) is 5.17 Å². The van der Waals surface area contributed by atoms with Gasteiger partial charge in [0.1, 0.15) is 0 Å². The highest BCUT2D eigenvalue weighted by molar-refractivity contribution is 8.13. The maximum Gasteiger partial charge on any atom is 0.254 e. The summed E-state index contributed by atoms with van der Waals surface area (Å²) in [5.74, 6) is 1.04. The minimum atomic E-state index is -0.345. The predicted octanol–water partition coefficient (Wildman–Crippen LogP) is 2.60. The Kier molecular flexibility index (Phi) is 5.15. The molecule has 1 aromatic carbocycles. The Morgan fingerprint density at radius 1 is 1.54 bits per heavy atom. The average molecular weight is 347 g/mol. The molecule has 5 nitrogen and oxygen atoms in total. The van der Waals surface area contributed by atoms with E-state index in [-0.39, 0.29) is 17.5 Å². The summed E-state index contributed by atoms with van der Waals surface area (Å²) in [5.41, 5.74) is 7.36. The summed E-state index contributed by atoms with van der Waals surface area (Å²) in [6.07, 6.45) is 2.97. The zero-order chi connectivity index (χ0) is 17.2. The van der Waals surface area contributed by atoms with Crippen LogP contribution in [0.2, 0.25) is 0 Å². The number of ether oxygens (including phenoxy) is 1. The van der Waals surface area contributed by atoms with E-state index in [2.05, 4.69) is 11.9 Å². The van der Waals surface area contributed by atoms with E-state index in [4.69, 9.17) is 10.5 Å².